The first-order valence-electron chi connectivity index (χ1n) is 5.03. The highest BCUT2D eigenvalue weighted by atomic mass is 32.1. The maximum absolute atomic E-state index is 8.82. The minimum atomic E-state index is 0.441. The summed E-state index contributed by atoms with van der Waals surface area (Å²) in [6.07, 6.45) is 0. The number of pyridine rings is 1. The highest BCUT2D eigenvalue weighted by Gasteiger charge is 2.05. The lowest BCUT2D eigenvalue weighted by Gasteiger charge is -2.08. The fourth-order valence-electron chi connectivity index (χ4n) is 1.59. The summed E-state index contributed by atoms with van der Waals surface area (Å²) < 4.78 is 5.72. The third-order valence-electron chi connectivity index (χ3n) is 2.43. The Morgan fingerprint density at radius 1 is 1.24 bits per heavy atom. The molecule has 1 aromatic carbocycles. The molecule has 0 aliphatic carbocycles. The Morgan fingerprint density at radius 3 is 2.65 bits per heavy atom. The van der Waals surface area contributed by atoms with Gasteiger partial charge in [0.05, 0.1) is 18.4 Å². The van der Waals surface area contributed by atoms with Crippen molar-refractivity contribution < 1.29 is 4.74 Å². The molecule has 1 heterocycles. The predicted molar refractivity (Wildman–Crippen MR) is 68.3 cm³/mol. The van der Waals surface area contributed by atoms with Crippen LogP contribution in [0.2, 0.25) is 0 Å². The Kier molecular flexibility index (Phi) is 3.22. The van der Waals surface area contributed by atoms with E-state index in [1.807, 2.05) is 36.4 Å². The zero-order valence-corrected chi connectivity index (χ0v) is 10.0. The van der Waals surface area contributed by atoms with E-state index in [4.69, 9.17) is 22.2 Å². The first kappa shape index (κ1) is 11.4. The van der Waals surface area contributed by atoms with Crippen molar-refractivity contribution in [3.63, 3.8) is 0 Å². The van der Waals surface area contributed by atoms with Crippen LogP contribution in [0.5, 0.6) is 5.75 Å². The molecule has 4 heteroatoms. The average molecular weight is 242 g/mol. The summed E-state index contributed by atoms with van der Waals surface area (Å²) in [6.45, 7) is 0. The number of aromatic nitrogens is 1. The number of H-pyrrole nitrogens is 1. The third kappa shape index (κ3) is 2.19. The molecule has 0 bridgehead atoms. The van der Waals surface area contributed by atoms with Gasteiger partial charge in [-0.25, -0.2) is 0 Å². The second kappa shape index (κ2) is 4.81. The van der Waals surface area contributed by atoms with Gasteiger partial charge in [-0.2, -0.15) is 5.26 Å². The van der Waals surface area contributed by atoms with E-state index >= 15 is 0 Å². The van der Waals surface area contributed by atoms with E-state index in [-0.39, 0.29) is 0 Å². The molecule has 0 aliphatic heterocycles. The molecule has 0 aliphatic rings. The second-order valence-electron chi connectivity index (χ2n) is 3.43. The second-order valence-corrected chi connectivity index (χ2v) is 3.84. The number of nitriles is 1. The molecule has 0 saturated carbocycles. The van der Waals surface area contributed by atoms with Crippen molar-refractivity contribution >= 4 is 12.2 Å². The number of benzene rings is 1. The zero-order valence-electron chi connectivity index (χ0n) is 9.23. The van der Waals surface area contributed by atoms with Crippen molar-refractivity contribution in [3.8, 4) is 23.1 Å². The molecule has 0 unspecified atom stereocenters. The summed E-state index contributed by atoms with van der Waals surface area (Å²) in [5.74, 6) is 0.767. The van der Waals surface area contributed by atoms with E-state index in [0.29, 0.717) is 10.2 Å². The lowest BCUT2D eigenvalue weighted by Crippen LogP contribution is -1.91. The van der Waals surface area contributed by atoms with Crippen LogP contribution in [0.1, 0.15) is 5.56 Å². The van der Waals surface area contributed by atoms with Crippen LogP contribution < -0.4 is 4.74 Å². The number of nitrogens with one attached hydrogen (secondary N) is 1. The Bertz CT molecular complexity index is 640. The van der Waals surface area contributed by atoms with E-state index in [0.717, 1.165) is 17.0 Å². The SMILES string of the molecule is COc1ccccc1-c1ccc(C#N)c(=S)[nH]1. The molecule has 1 aromatic heterocycles. The molecule has 1 N–H and O–H groups in total. The minimum Gasteiger partial charge on any atom is -0.496 e. The number of hydrogen-bond acceptors (Lipinski definition) is 3. The molecule has 0 radical (unpaired) electrons. The van der Waals surface area contributed by atoms with E-state index < -0.39 is 0 Å². The first-order chi connectivity index (χ1) is 8.26. The fraction of sp³-hybridized carbons (Fsp3) is 0.0769. The van der Waals surface area contributed by atoms with Crippen molar-refractivity contribution in [3.05, 3.63) is 46.6 Å². The number of aromatic amines is 1. The topological polar surface area (TPSA) is 48.8 Å². The van der Waals surface area contributed by atoms with Crippen molar-refractivity contribution in [2.24, 2.45) is 0 Å². The number of ether oxygens (including phenoxy) is 1. The highest BCUT2D eigenvalue weighted by molar-refractivity contribution is 7.71. The summed E-state index contributed by atoms with van der Waals surface area (Å²) in [6, 6.07) is 13.2. The van der Waals surface area contributed by atoms with Crippen LogP contribution in [-0.4, -0.2) is 12.1 Å². The summed E-state index contributed by atoms with van der Waals surface area (Å²) >= 11 is 5.10. The lowest BCUT2D eigenvalue weighted by molar-refractivity contribution is 0.416. The van der Waals surface area contributed by atoms with Crippen molar-refractivity contribution in [2.75, 3.05) is 7.11 Å². The third-order valence-corrected chi connectivity index (χ3v) is 2.75. The van der Waals surface area contributed by atoms with E-state index in [1.54, 1.807) is 13.2 Å². The molecule has 0 amide bonds. The first-order valence-corrected chi connectivity index (χ1v) is 5.44. The van der Waals surface area contributed by atoms with Gasteiger partial charge >= 0.3 is 0 Å². The van der Waals surface area contributed by atoms with Crippen molar-refractivity contribution in [2.45, 2.75) is 0 Å². The standard InChI is InChI=1S/C13H10N2OS/c1-16-12-5-3-2-4-10(12)11-7-6-9(8-14)13(17)15-11/h2-7H,1H3,(H,15,17). The fourth-order valence-corrected chi connectivity index (χ4v) is 1.81. The highest BCUT2D eigenvalue weighted by Crippen LogP contribution is 2.27. The van der Waals surface area contributed by atoms with E-state index in [1.165, 1.54) is 0 Å². The molecular formula is C13H10N2OS. The number of para-hydroxylation sites is 1. The number of nitrogens with zero attached hydrogens (tertiary/aromatic N) is 1. The Balaban J connectivity index is 2.58. The molecule has 0 atom stereocenters. The summed E-state index contributed by atoms with van der Waals surface area (Å²) in [5, 5.41) is 8.82. The monoisotopic (exact) mass is 242 g/mol. The Morgan fingerprint density at radius 2 is 2.00 bits per heavy atom. The molecule has 2 aromatic rings. The summed E-state index contributed by atoms with van der Waals surface area (Å²) in [7, 11) is 1.62. The summed E-state index contributed by atoms with van der Waals surface area (Å²) in [5.41, 5.74) is 2.23. The Labute approximate surface area is 104 Å². The molecule has 17 heavy (non-hydrogen) atoms. The van der Waals surface area contributed by atoms with Gasteiger partial charge in [-0.3, -0.25) is 0 Å². The minimum absolute atomic E-state index is 0.441. The van der Waals surface area contributed by atoms with Crippen LogP contribution in [0.3, 0.4) is 0 Å². The van der Waals surface area contributed by atoms with Crippen molar-refractivity contribution in [1.29, 1.82) is 5.26 Å². The van der Waals surface area contributed by atoms with Gasteiger partial charge < -0.3 is 9.72 Å². The van der Waals surface area contributed by atoms with E-state index in [9.17, 15) is 0 Å². The summed E-state index contributed by atoms with van der Waals surface area (Å²) in [4.78, 5) is 3.03. The predicted octanol–water partition coefficient (Wildman–Crippen LogP) is 3.29. The number of rotatable bonds is 2. The van der Waals surface area contributed by atoms with Gasteiger partial charge in [-0.15, -0.1) is 0 Å². The molecule has 0 saturated heterocycles. The van der Waals surface area contributed by atoms with Gasteiger partial charge in [0, 0.05) is 5.56 Å². The van der Waals surface area contributed by atoms with Gasteiger partial charge in [-0.1, -0.05) is 24.4 Å². The van der Waals surface area contributed by atoms with Gasteiger partial charge in [0.25, 0.3) is 0 Å². The van der Waals surface area contributed by atoms with Crippen LogP contribution in [0.25, 0.3) is 11.3 Å². The quantitative estimate of drug-likeness (QED) is 0.822. The Hall–Kier alpha value is -2.12. The molecule has 0 spiro atoms. The molecule has 3 nitrogen and oxygen atoms in total. The van der Waals surface area contributed by atoms with E-state index in [2.05, 4.69) is 4.98 Å². The number of hydrogen-bond donors (Lipinski definition) is 1. The average Bonchev–Trinajstić information content (AvgIpc) is 2.38. The van der Waals surface area contributed by atoms with Gasteiger partial charge in [0.2, 0.25) is 0 Å². The normalized spacial score (nSPS) is 9.65. The molecule has 2 rings (SSSR count). The molecule has 0 fully saturated rings. The largest absolute Gasteiger partial charge is 0.496 e. The van der Waals surface area contributed by atoms with Crippen LogP contribution in [-0.2, 0) is 0 Å². The smallest absolute Gasteiger partial charge is 0.128 e. The maximum atomic E-state index is 8.82. The van der Waals surface area contributed by atoms with Gasteiger partial charge in [0.15, 0.2) is 0 Å². The number of methoxy groups -OCH3 is 1. The van der Waals surface area contributed by atoms with Crippen LogP contribution >= 0.6 is 12.2 Å². The molecular weight excluding hydrogens is 232 g/mol. The molecule has 84 valence electrons. The zero-order chi connectivity index (χ0) is 12.3. The van der Waals surface area contributed by atoms with Crippen LogP contribution in [0, 0.1) is 16.0 Å². The van der Waals surface area contributed by atoms with Crippen molar-refractivity contribution in [1.82, 2.24) is 4.98 Å². The van der Waals surface area contributed by atoms with Gasteiger partial charge in [-0.05, 0) is 24.3 Å². The maximum Gasteiger partial charge on any atom is 0.128 e. The van der Waals surface area contributed by atoms with Crippen LogP contribution in [0.4, 0.5) is 0 Å². The van der Waals surface area contributed by atoms with Crippen LogP contribution in [0.15, 0.2) is 36.4 Å². The van der Waals surface area contributed by atoms with Gasteiger partial charge in [0.1, 0.15) is 16.5 Å². The lowest BCUT2D eigenvalue weighted by atomic mass is 10.1.